The van der Waals surface area contributed by atoms with E-state index in [4.69, 9.17) is 5.73 Å². The van der Waals surface area contributed by atoms with Crippen LogP contribution in [0.1, 0.15) is 12.0 Å². The lowest BCUT2D eigenvalue weighted by atomic mass is 10.1. The molecule has 0 aliphatic carbocycles. The van der Waals surface area contributed by atoms with Gasteiger partial charge in [0.1, 0.15) is 11.5 Å². The van der Waals surface area contributed by atoms with Crippen molar-refractivity contribution in [2.45, 2.75) is 12.8 Å². The lowest BCUT2D eigenvalue weighted by molar-refractivity contribution is 0.608. The Morgan fingerprint density at radius 2 is 2.25 bits per heavy atom. The Bertz CT molecular complexity index is 451. The van der Waals surface area contributed by atoms with Crippen LogP contribution in [0, 0.1) is 5.82 Å². The number of rotatable bonds is 4. The van der Waals surface area contributed by atoms with Crippen molar-refractivity contribution in [2.75, 3.05) is 6.54 Å². The van der Waals surface area contributed by atoms with Crippen LogP contribution in [0.4, 0.5) is 4.39 Å². The number of benzene rings is 1. The van der Waals surface area contributed by atoms with E-state index >= 15 is 0 Å². The molecule has 1 heterocycles. The van der Waals surface area contributed by atoms with Crippen molar-refractivity contribution in [3.63, 3.8) is 0 Å². The van der Waals surface area contributed by atoms with Gasteiger partial charge in [-0.25, -0.2) is 9.07 Å². The fraction of sp³-hybridized carbons (Fsp3) is 0.250. The minimum atomic E-state index is -0.252. The second kappa shape index (κ2) is 4.90. The molecule has 1 aromatic heterocycles. The maximum Gasteiger partial charge on any atom is 0.149 e. The third-order valence-corrected chi connectivity index (χ3v) is 2.43. The Morgan fingerprint density at radius 1 is 1.38 bits per heavy atom. The first kappa shape index (κ1) is 10.8. The molecule has 2 aromatic rings. The van der Waals surface area contributed by atoms with Gasteiger partial charge in [0.2, 0.25) is 0 Å². The number of nitrogens with two attached hydrogens (primary N) is 1. The lowest BCUT2D eigenvalue weighted by Gasteiger charge is -2.05. The number of hydrogen-bond acceptors (Lipinski definition) is 2. The van der Waals surface area contributed by atoms with E-state index in [1.54, 1.807) is 30.6 Å². The van der Waals surface area contributed by atoms with Gasteiger partial charge in [-0.05, 0) is 43.1 Å². The van der Waals surface area contributed by atoms with Gasteiger partial charge in [-0.1, -0.05) is 6.07 Å². The summed E-state index contributed by atoms with van der Waals surface area (Å²) in [4.78, 5) is 0. The van der Waals surface area contributed by atoms with Gasteiger partial charge in [-0.2, -0.15) is 5.10 Å². The molecule has 0 amide bonds. The first-order valence-electron chi connectivity index (χ1n) is 5.30. The maximum atomic E-state index is 13.7. The Hall–Kier alpha value is -1.68. The van der Waals surface area contributed by atoms with Gasteiger partial charge in [-0.15, -0.1) is 0 Å². The summed E-state index contributed by atoms with van der Waals surface area (Å²) in [6.07, 6.45) is 5.03. The molecule has 0 spiro atoms. The van der Waals surface area contributed by atoms with Crippen LogP contribution in [0.3, 0.4) is 0 Å². The molecule has 0 atom stereocenters. The minimum Gasteiger partial charge on any atom is -0.330 e. The fourth-order valence-electron chi connectivity index (χ4n) is 1.61. The summed E-state index contributed by atoms with van der Waals surface area (Å²) in [5, 5.41) is 4.00. The van der Waals surface area contributed by atoms with E-state index in [1.165, 1.54) is 4.68 Å². The molecule has 0 aliphatic heterocycles. The second-order valence-electron chi connectivity index (χ2n) is 3.63. The van der Waals surface area contributed by atoms with Crippen molar-refractivity contribution in [2.24, 2.45) is 5.73 Å². The maximum absolute atomic E-state index is 13.7. The van der Waals surface area contributed by atoms with Crippen LogP contribution < -0.4 is 5.73 Å². The molecule has 0 aliphatic rings. The molecule has 0 saturated heterocycles. The van der Waals surface area contributed by atoms with Crippen LogP contribution in [-0.2, 0) is 6.42 Å². The molecule has 0 fully saturated rings. The van der Waals surface area contributed by atoms with Gasteiger partial charge >= 0.3 is 0 Å². The predicted molar refractivity (Wildman–Crippen MR) is 60.9 cm³/mol. The molecule has 2 rings (SSSR count). The zero-order chi connectivity index (χ0) is 11.4. The fourth-order valence-corrected chi connectivity index (χ4v) is 1.61. The zero-order valence-electron chi connectivity index (χ0n) is 8.94. The quantitative estimate of drug-likeness (QED) is 0.853. The highest BCUT2D eigenvalue weighted by atomic mass is 19.1. The molecular formula is C12H14FN3. The summed E-state index contributed by atoms with van der Waals surface area (Å²) < 4.78 is 15.3. The molecule has 0 unspecified atom stereocenters. The average molecular weight is 219 g/mol. The van der Waals surface area contributed by atoms with Crippen molar-refractivity contribution >= 4 is 0 Å². The van der Waals surface area contributed by atoms with E-state index in [-0.39, 0.29) is 5.82 Å². The summed E-state index contributed by atoms with van der Waals surface area (Å²) in [7, 11) is 0. The molecule has 16 heavy (non-hydrogen) atoms. The zero-order valence-corrected chi connectivity index (χ0v) is 8.94. The van der Waals surface area contributed by atoms with Crippen LogP contribution in [0.25, 0.3) is 5.69 Å². The van der Waals surface area contributed by atoms with Crippen molar-refractivity contribution in [1.82, 2.24) is 9.78 Å². The Labute approximate surface area is 93.7 Å². The molecular weight excluding hydrogens is 205 g/mol. The van der Waals surface area contributed by atoms with E-state index < -0.39 is 0 Å². The lowest BCUT2D eigenvalue weighted by Crippen LogP contribution is -2.02. The average Bonchev–Trinajstić information content (AvgIpc) is 2.80. The van der Waals surface area contributed by atoms with Crippen molar-refractivity contribution in [3.05, 3.63) is 48.0 Å². The van der Waals surface area contributed by atoms with Crippen molar-refractivity contribution in [3.8, 4) is 5.69 Å². The van der Waals surface area contributed by atoms with Gasteiger partial charge < -0.3 is 5.73 Å². The smallest absolute Gasteiger partial charge is 0.149 e. The standard InChI is InChI=1S/C12H14FN3/c13-11-9-10(3-1-6-14)4-5-12(11)16-8-2-7-15-16/h2,4-5,7-9H,1,3,6,14H2. The molecule has 84 valence electrons. The summed E-state index contributed by atoms with van der Waals surface area (Å²) in [6, 6.07) is 6.97. The highest BCUT2D eigenvalue weighted by Crippen LogP contribution is 2.15. The molecule has 1 aromatic carbocycles. The van der Waals surface area contributed by atoms with Crippen LogP contribution in [0.15, 0.2) is 36.7 Å². The van der Waals surface area contributed by atoms with E-state index in [0.717, 1.165) is 18.4 Å². The SMILES string of the molecule is NCCCc1ccc(-n2cccn2)c(F)c1. The number of aromatic nitrogens is 2. The number of halogens is 1. The molecule has 4 heteroatoms. The first-order valence-corrected chi connectivity index (χ1v) is 5.30. The summed E-state index contributed by atoms with van der Waals surface area (Å²) in [6.45, 7) is 0.628. The predicted octanol–water partition coefficient (Wildman–Crippen LogP) is 1.90. The topological polar surface area (TPSA) is 43.8 Å². The number of nitrogens with zero attached hydrogens (tertiary/aromatic N) is 2. The van der Waals surface area contributed by atoms with Gasteiger partial charge in [0.15, 0.2) is 0 Å². The Kier molecular flexibility index (Phi) is 3.31. The second-order valence-corrected chi connectivity index (χ2v) is 3.63. The Balaban J connectivity index is 2.23. The van der Waals surface area contributed by atoms with E-state index in [9.17, 15) is 4.39 Å². The van der Waals surface area contributed by atoms with Gasteiger partial charge in [0.25, 0.3) is 0 Å². The number of aryl methyl sites for hydroxylation is 1. The largest absolute Gasteiger partial charge is 0.330 e. The van der Waals surface area contributed by atoms with Crippen LogP contribution in [0.2, 0.25) is 0 Å². The van der Waals surface area contributed by atoms with E-state index in [0.29, 0.717) is 12.2 Å². The van der Waals surface area contributed by atoms with Crippen molar-refractivity contribution < 1.29 is 4.39 Å². The third kappa shape index (κ3) is 2.28. The third-order valence-electron chi connectivity index (χ3n) is 2.43. The highest BCUT2D eigenvalue weighted by Gasteiger charge is 2.05. The van der Waals surface area contributed by atoms with E-state index in [2.05, 4.69) is 5.10 Å². The van der Waals surface area contributed by atoms with E-state index in [1.807, 2.05) is 6.07 Å². The van der Waals surface area contributed by atoms with Gasteiger partial charge in [0.05, 0.1) is 0 Å². The Morgan fingerprint density at radius 3 is 2.88 bits per heavy atom. The molecule has 0 radical (unpaired) electrons. The van der Waals surface area contributed by atoms with Crippen LogP contribution in [-0.4, -0.2) is 16.3 Å². The minimum absolute atomic E-state index is 0.252. The molecule has 3 nitrogen and oxygen atoms in total. The molecule has 0 saturated carbocycles. The van der Waals surface area contributed by atoms with Crippen molar-refractivity contribution in [1.29, 1.82) is 0 Å². The van der Waals surface area contributed by atoms with Crippen LogP contribution >= 0.6 is 0 Å². The van der Waals surface area contributed by atoms with Gasteiger partial charge in [0, 0.05) is 12.4 Å². The summed E-state index contributed by atoms with van der Waals surface area (Å²) >= 11 is 0. The number of hydrogen-bond donors (Lipinski definition) is 1. The van der Waals surface area contributed by atoms with Gasteiger partial charge in [-0.3, -0.25) is 0 Å². The normalized spacial score (nSPS) is 10.6. The molecule has 2 N–H and O–H groups in total. The monoisotopic (exact) mass is 219 g/mol. The summed E-state index contributed by atoms with van der Waals surface area (Å²) in [5.74, 6) is -0.252. The summed E-state index contributed by atoms with van der Waals surface area (Å²) in [5.41, 5.74) is 6.86. The first-order chi connectivity index (χ1) is 7.81. The highest BCUT2D eigenvalue weighted by molar-refractivity contribution is 5.35. The van der Waals surface area contributed by atoms with Crippen LogP contribution in [0.5, 0.6) is 0 Å². The molecule has 0 bridgehead atoms.